The van der Waals surface area contributed by atoms with Crippen LogP contribution in [0.4, 0.5) is 11.5 Å². The lowest BCUT2D eigenvalue weighted by atomic mass is 9.73. The van der Waals surface area contributed by atoms with Crippen LogP contribution in [0.2, 0.25) is 5.02 Å². The number of halogens is 1. The van der Waals surface area contributed by atoms with Crippen molar-refractivity contribution in [2.45, 2.75) is 26.7 Å². The molecular formula is C24H20ClN3O. The molecule has 5 heteroatoms. The van der Waals surface area contributed by atoms with Crippen LogP contribution >= 0.6 is 11.6 Å². The topological polar surface area (TPSA) is 65.8 Å². The van der Waals surface area contributed by atoms with Crippen LogP contribution in [0.5, 0.6) is 0 Å². The average Bonchev–Trinajstić information content (AvgIpc) is 2.67. The van der Waals surface area contributed by atoms with Crippen LogP contribution in [0.1, 0.15) is 41.9 Å². The number of ketones is 1. The van der Waals surface area contributed by atoms with Gasteiger partial charge in [0.15, 0.2) is 5.78 Å². The van der Waals surface area contributed by atoms with E-state index in [1.807, 2.05) is 42.5 Å². The second-order valence-electron chi connectivity index (χ2n) is 8.08. The van der Waals surface area contributed by atoms with Gasteiger partial charge < -0.3 is 5.32 Å². The summed E-state index contributed by atoms with van der Waals surface area (Å²) >= 11 is 6.06. The molecule has 0 spiro atoms. The van der Waals surface area contributed by atoms with Crippen LogP contribution in [0.3, 0.4) is 0 Å². The third kappa shape index (κ3) is 3.74. The zero-order valence-electron chi connectivity index (χ0n) is 16.3. The van der Waals surface area contributed by atoms with E-state index in [9.17, 15) is 10.1 Å². The Kier molecular flexibility index (Phi) is 4.86. The van der Waals surface area contributed by atoms with Gasteiger partial charge in [-0.3, -0.25) is 4.79 Å². The minimum absolute atomic E-state index is 0.0245. The Morgan fingerprint density at radius 3 is 2.38 bits per heavy atom. The number of rotatable bonds is 3. The van der Waals surface area contributed by atoms with Gasteiger partial charge in [-0.05, 0) is 41.7 Å². The Bertz CT molecular complexity index is 1130. The SMILES string of the molecule is CC1(C)CC(=O)c2c(nc(Nc3ccccc3)c(C#N)c2-c2ccc(Cl)cc2)C1. The number of pyridine rings is 1. The highest BCUT2D eigenvalue weighted by molar-refractivity contribution is 6.30. The van der Waals surface area contributed by atoms with Crippen molar-refractivity contribution in [3.05, 3.63) is 76.4 Å². The summed E-state index contributed by atoms with van der Waals surface area (Å²) in [6.07, 6.45) is 1.10. The van der Waals surface area contributed by atoms with Gasteiger partial charge in [0.05, 0.1) is 5.69 Å². The predicted octanol–water partition coefficient (Wildman–Crippen LogP) is 6.17. The zero-order chi connectivity index (χ0) is 20.6. The molecule has 0 saturated carbocycles. The lowest BCUT2D eigenvalue weighted by molar-refractivity contribution is 0.0911. The number of carbonyl (C=O) groups is 1. The minimum atomic E-state index is -0.174. The second kappa shape index (κ2) is 7.35. The fourth-order valence-electron chi connectivity index (χ4n) is 3.86. The van der Waals surface area contributed by atoms with E-state index in [1.54, 1.807) is 12.1 Å². The maximum Gasteiger partial charge on any atom is 0.165 e. The third-order valence-corrected chi connectivity index (χ3v) is 5.37. The van der Waals surface area contributed by atoms with Crippen LogP contribution in [0.25, 0.3) is 11.1 Å². The summed E-state index contributed by atoms with van der Waals surface area (Å²) in [5.74, 6) is 0.490. The Balaban J connectivity index is 1.98. The van der Waals surface area contributed by atoms with Crippen LogP contribution in [0, 0.1) is 16.7 Å². The standard InChI is InChI=1S/C24H20ClN3O/c1-24(2)12-19-22(20(29)13-24)21(15-8-10-16(25)11-9-15)18(14-26)23(28-19)27-17-6-4-3-5-7-17/h3-11H,12-13H2,1-2H3,(H,27,28). The van der Waals surface area contributed by atoms with E-state index in [0.29, 0.717) is 40.4 Å². The molecule has 1 aromatic heterocycles. The molecule has 0 atom stereocenters. The van der Waals surface area contributed by atoms with Crippen molar-refractivity contribution in [1.82, 2.24) is 4.98 Å². The van der Waals surface area contributed by atoms with E-state index in [1.165, 1.54) is 0 Å². The molecule has 29 heavy (non-hydrogen) atoms. The van der Waals surface area contributed by atoms with E-state index in [-0.39, 0.29) is 11.2 Å². The summed E-state index contributed by atoms with van der Waals surface area (Å²) < 4.78 is 0. The van der Waals surface area contributed by atoms with E-state index >= 15 is 0 Å². The average molecular weight is 402 g/mol. The molecule has 0 saturated heterocycles. The smallest absolute Gasteiger partial charge is 0.165 e. The van der Waals surface area contributed by atoms with Crippen LogP contribution in [-0.4, -0.2) is 10.8 Å². The van der Waals surface area contributed by atoms with Gasteiger partial charge in [-0.25, -0.2) is 4.98 Å². The number of nitrogens with one attached hydrogen (secondary N) is 1. The molecule has 4 nitrogen and oxygen atoms in total. The molecule has 1 aliphatic carbocycles. The van der Waals surface area contributed by atoms with Gasteiger partial charge in [-0.1, -0.05) is 55.8 Å². The quantitative estimate of drug-likeness (QED) is 0.569. The summed E-state index contributed by atoms with van der Waals surface area (Å²) in [6.45, 7) is 4.14. The molecule has 4 rings (SSSR count). The maximum atomic E-state index is 13.1. The molecule has 1 aliphatic rings. The molecule has 0 radical (unpaired) electrons. The van der Waals surface area contributed by atoms with Gasteiger partial charge in [0.1, 0.15) is 17.5 Å². The van der Waals surface area contributed by atoms with Gasteiger partial charge in [-0.15, -0.1) is 0 Å². The first-order valence-corrected chi connectivity index (χ1v) is 9.84. The fourth-order valence-corrected chi connectivity index (χ4v) is 3.99. The third-order valence-electron chi connectivity index (χ3n) is 5.12. The summed E-state index contributed by atoms with van der Waals surface area (Å²) in [5, 5.41) is 13.9. The minimum Gasteiger partial charge on any atom is -0.339 e. The summed E-state index contributed by atoms with van der Waals surface area (Å²) in [4.78, 5) is 17.9. The molecule has 1 heterocycles. The summed E-state index contributed by atoms with van der Waals surface area (Å²) in [6, 6.07) is 19.1. The lowest BCUT2D eigenvalue weighted by Crippen LogP contribution is -2.29. The number of fused-ring (bicyclic) bond motifs is 1. The van der Waals surface area contributed by atoms with Crippen LogP contribution in [0.15, 0.2) is 54.6 Å². The van der Waals surface area contributed by atoms with E-state index < -0.39 is 0 Å². The molecule has 1 N–H and O–H groups in total. The maximum absolute atomic E-state index is 13.1. The van der Waals surface area contributed by atoms with E-state index in [4.69, 9.17) is 16.6 Å². The summed E-state index contributed by atoms with van der Waals surface area (Å²) in [5.41, 5.74) is 3.73. The predicted molar refractivity (Wildman–Crippen MR) is 116 cm³/mol. The zero-order valence-corrected chi connectivity index (χ0v) is 17.0. The first kappa shape index (κ1) is 19.2. The largest absolute Gasteiger partial charge is 0.339 e. The number of anilines is 2. The molecule has 0 amide bonds. The molecule has 0 aliphatic heterocycles. The fraction of sp³-hybridized carbons (Fsp3) is 0.208. The highest BCUT2D eigenvalue weighted by Crippen LogP contribution is 2.42. The Hall–Kier alpha value is -3.16. The first-order valence-electron chi connectivity index (χ1n) is 9.46. The molecule has 3 aromatic rings. The van der Waals surface area contributed by atoms with Crippen molar-refractivity contribution in [1.29, 1.82) is 5.26 Å². The van der Waals surface area contributed by atoms with Gasteiger partial charge >= 0.3 is 0 Å². The van der Waals surface area contributed by atoms with Crippen LogP contribution < -0.4 is 5.32 Å². The van der Waals surface area contributed by atoms with Gasteiger partial charge in [-0.2, -0.15) is 5.26 Å². The van der Waals surface area contributed by atoms with Gasteiger partial charge in [0.25, 0.3) is 0 Å². The molecule has 0 bridgehead atoms. The van der Waals surface area contributed by atoms with Crippen molar-refractivity contribution in [2.24, 2.45) is 5.41 Å². The number of para-hydroxylation sites is 1. The number of hydrogen-bond donors (Lipinski definition) is 1. The number of aromatic nitrogens is 1. The second-order valence-corrected chi connectivity index (χ2v) is 8.52. The number of Topliss-reactive ketones (excluding diaryl/α,β-unsaturated/α-hetero) is 1. The van der Waals surface area contributed by atoms with Crippen molar-refractivity contribution in [2.75, 3.05) is 5.32 Å². The number of benzene rings is 2. The Morgan fingerprint density at radius 2 is 1.72 bits per heavy atom. The highest BCUT2D eigenvalue weighted by atomic mass is 35.5. The lowest BCUT2D eigenvalue weighted by Gasteiger charge is -2.31. The first-order chi connectivity index (χ1) is 13.9. The number of nitriles is 1. The number of carbonyl (C=O) groups excluding carboxylic acids is 1. The van der Waals surface area contributed by atoms with Gasteiger partial charge in [0.2, 0.25) is 0 Å². The van der Waals surface area contributed by atoms with Crippen molar-refractivity contribution in [3.63, 3.8) is 0 Å². The highest BCUT2D eigenvalue weighted by Gasteiger charge is 2.36. The molecule has 0 fully saturated rings. The van der Waals surface area contributed by atoms with E-state index in [0.717, 1.165) is 16.9 Å². The summed E-state index contributed by atoms with van der Waals surface area (Å²) in [7, 11) is 0. The van der Waals surface area contributed by atoms with Crippen molar-refractivity contribution in [3.8, 4) is 17.2 Å². The van der Waals surface area contributed by atoms with E-state index in [2.05, 4.69) is 25.2 Å². The van der Waals surface area contributed by atoms with Gasteiger partial charge in [0, 0.05) is 28.3 Å². The van der Waals surface area contributed by atoms with Crippen LogP contribution in [-0.2, 0) is 6.42 Å². The number of hydrogen-bond acceptors (Lipinski definition) is 4. The molecule has 2 aromatic carbocycles. The van der Waals surface area contributed by atoms with Crippen molar-refractivity contribution < 1.29 is 4.79 Å². The molecular weight excluding hydrogens is 382 g/mol. The molecule has 144 valence electrons. The monoisotopic (exact) mass is 401 g/mol. The Labute approximate surface area is 175 Å². The number of nitrogens with zero attached hydrogens (tertiary/aromatic N) is 2. The molecule has 0 unspecified atom stereocenters. The van der Waals surface area contributed by atoms with Crippen molar-refractivity contribution >= 4 is 28.9 Å². The Morgan fingerprint density at radius 1 is 1.03 bits per heavy atom. The normalized spacial score (nSPS) is 14.8.